The molecule has 0 bridgehead atoms. The van der Waals surface area contributed by atoms with E-state index in [1.54, 1.807) is 18.2 Å². The Morgan fingerprint density at radius 2 is 2.25 bits per heavy atom. The van der Waals surface area contributed by atoms with Gasteiger partial charge in [0.15, 0.2) is 5.78 Å². The van der Waals surface area contributed by atoms with Crippen molar-refractivity contribution in [3.05, 3.63) is 29.3 Å². The maximum atomic E-state index is 11.5. The van der Waals surface area contributed by atoms with E-state index in [1.807, 2.05) is 0 Å². The number of carbonyl (C=O) groups is 2. The molecular weight excluding hydrogens is 206 g/mol. The second-order valence-electron chi connectivity index (χ2n) is 3.35. The minimum atomic E-state index is -0.685. The topological polar surface area (TPSA) is 69.4 Å². The fourth-order valence-corrected chi connectivity index (χ4v) is 1.47. The molecule has 0 aromatic heterocycles. The van der Waals surface area contributed by atoms with Crippen molar-refractivity contribution in [2.45, 2.75) is 6.42 Å². The van der Waals surface area contributed by atoms with Crippen molar-refractivity contribution in [1.29, 1.82) is 0 Å². The van der Waals surface area contributed by atoms with Crippen LogP contribution in [0.5, 0.6) is 5.75 Å². The van der Waals surface area contributed by atoms with Gasteiger partial charge < -0.3 is 10.5 Å². The molecule has 0 fully saturated rings. The number of hydrogen-bond donors (Lipinski definition) is 1. The van der Waals surface area contributed by atoms with Gasteiger partial charge in [0.05, 0.1) is 12.2 Å². The van der Waals surface area contributed by atoms with Gasteiger partial charge in [0.1, 0.15) is 5.75 Å². The molecular formula is C12H9NO3. The van der Waals surface area contributed by atoms with E-state index in [0.717, 1.165) is 0 Å². The molecule has 80 valence electrons. The predicted molar refractivity (Wildman–Crippen MR) is 57.0 cm³/mol. The van der Waals surface area contributed by atoms with Crippen LogP contribution in [-0.4, -0.2) is 18.3 Å². The molecule has 0 saturated heterocycles. The molecule has 16 heavy (non-hydrogen) atoms. The first-order chi connectivity index (χ1) is 7.66. The Kier molecular flexibility index (Phi) is 2.61. The molecule has 4 heteroatoms. The van der Waals surface area contributed by atoms with Crippen LogP contribution in [0.1, 0.15) is 22.3 Å². The minimum absolute atomic E-state index is 0.0654. The minimum Gasteiger partial charge on any atom is -0.492 e. The van der Waals surface area contributed by atoms with E-state index in [1.165, 1.54) is 0 Å². The molecule has 0 atom stereocenters. The van der Waals surface area contributed by atoms with Crippen LogP contribution in [0.3, 0.4) is 0 Å². The number of carbonyl (C=O) groups excluding carboxylic acids is 2. The van der Waals surface area contributed by atoms with Crippen LogP contribution < -0.4 is 10.5 Å². The van der Waals surface area contributed by atoms with E-state index in [-0.39, 0.29) is 5.78 Å². The Hall–Kier alpha value is -2.28. The predicted octanol–water partition coefficient (Wildman–Crippen LogP) is 0.489. The smallest absolute Gasteiger partial charge is 0.293 e. The monoisotopic (exact) mass is 215 g/mol. The molecule has 1 aliphatic heterocycles. The summed E-state index contributed by atoms with van der Waals surface area (Å²) in [6.07, 6.45) is 0.402. The molecule has 2 rings (SSSR count). The normalized spacial score (nSPS) is 13.1. The van der Waals surface area contributed by atoms with Crippen molar-refractivity contribution in [1.82, 2.24) is 0 Å². The van der Waals surface area contributed by atoms with Gasteiger partial charge in [-0.2, -0.15) is 0 Å². The maximum Gasteiger partial charge on any atom is 0.293 e. The van der Waals surface area contributed by atoms with Crippen LogP contribution in [0, 0.1) is 11.8 Å². The first-order valence-electron chi connectivity index (χ1n) is 4.78. The first-order valence-corrected chi connectivity index (χ1v) is 4.78. The fraction of sp³-hybridized carbons (Fsp3) is 0.167. The highest BCUT2D eigenvalue weighted by molar-refractivity contribution is 5.99. The molecule has 1 aliphatic rings. The summed E-state index contributed by atoms with van der Waals surface area (Å²) in [4.78, 5) is 21.9. The standard InChI is InChI=1S/C12H9NO3/c13-12(15)4-2-8-1-3-9-10(14)5-6-16-11(9)7-8/h1,3,7H,5-6H2,(H2,13,15). The van der Waals surface area contributed by atoms with Gasteiger partial charge >= 0.3 is 0 Å². The summed E-state index contributed by atoms with van der Waals surface area (Å²) in [5.41, 5.74) is 6.07. The van der Waals surface area contributed by atoms with Crippen molar-refractivity contribution in [3.63, 3.8) is 0 Å². The zero-order valence-electron chi connectivity index (χ0n) is 8.45. The molecule has 0 unspecified atom stereocenters. The number of ketones is 1. The van der Waals surface area contributed by atoms with Crippen LogP contribution in [0.2, 0.25) is 0 Å². The number of Topliss-reactive ketones (excluding diaryl/α,β-unsaturated/α-hetero) is 1. The van der Waals surface area contributed by atoms with Gasteiger partial charge in [-0.1, -0.05) is 5.92 Å². The van der Waals surface area contributed by atoms with E-state index in [2.05, 4.69) is 11.8 Å². The summed E-state index contributed by atoms with van der Waals surface area (Å²) < 4.78 is 5.34. The van der Waals surface area contributed by atoms with Gasteiger partial charge in [0.25, 0.3) is 5.91 Å². The van der Waals surface area contributed by atoms with Crippen LogP contribution in [0.25, 0.3) is 0 Å². The summed E-state index contributed by atoms with van der Waals surface area (Å²) >= 11 is 0. The molecule has 1 amide bonds. The maximum absolute atomic E-state index is 11.5. The van der Waals surface area contributed by atoms with Crippen molar-refractivity contribution < 1.29 is 14.3 Å². The molecule has 0 radical (unpaired) electrons. The van der Waals surface area contributed by atoms with Gasteiger partial charge in [-0.25, -0.2) is 0 Å². The SMILES string of the molecule is NC(=O)C#Cc1ccc2c(c1)OCCC2=O. The Morgan fingerprint density at radius 3 is 3.00 bits per heavy atom. The molecule has 0 aliphatic carbocycles. The Labute approximate surface area is 92.4 Å². The zero-order chi connectivity index (χ0) is 11.5. The molecule has 2 N–H and O–H groups in total. The fourth-order valence-electron chi connectivity index (χ4n) is 1.47. The quantitative estimate of drug-likeness (QED) is 0.640. The molecule has 1 aromatic rings. The van der Waals surface area contributed by atoms with E-state index in [4.69, 9.17) is 10.5 Å². The Morgan fingerprint density at radius 1 is 1.44 bits per heavy atom. The third-order valence-corrected chi connectivity index (χ3v) is 2.20. The van der Waals surface area contributed by atoms with Crippen molar-refractivity contribution in [2.75, 3.05) is 6.61 Å². The lowest BCUT2D eigenvalue weighted by Crippen LogP contribution is -2.15. The number of hydrogen-bond acceptors (Lipinski definition) is 3. The second kappa shape index (κ2) is 4.07. The number of fused-ring (bicyclic) bond motifs is 1. The average molecular weight is 215 g/mol. The van der Waals surface area contributed by atoms with Gasteiger partial charge in [0, 0.05) is 12.0 Å². The average Bonchev–Trinajstić information content (AvgIpc) is 2.26. The van der Waals surface area contributed by atoms with Crippen molar-refractivity contribution in [3.8, 4) is 17.6 Å². The Bertz CT molecular complexity index is 523. The third-order valence-electron chi connectivity index (χ3n) is 2.20. The van der Waals surface area contributed by atoms with E-state index >= 15 is 0 Å². The van der Waals surface area contributed by atoms with Gasteiger partial charge in [0.2, 0.25) is 0 Å². The summed E-state index contributed by atoms with van der Waals surface area (Å²) in [5.74, 6) is 4.72. The van der Waals surface area contributed by atoms with Gasteiger partial charge in [-0.05, 0) is 24.1 Å². The lowest BCUT2D eigenvalue weighted by Gasteiger charge is -2.15. The molecule has 4 nitrogen and oxygen atoms in total. The highest BCUT2D eigenvalue weighted by Crippen LogP contribution is 2.25. The molecule has 1 aromatic carbocycles. The van der Waals surface area contributed by atoms with E-state index in [9.17, 15) is 9.59 Å². The molecule has 0 spiro atoms. The van der Waals surface area contributed by atoms with Gasteiger partial charge in [-0.15, -0.1) is 0 Å². The lowest BCUT2D eigenvalue weighted by atomic mass is 10.0. The molecule has 1 heterocycles. The van der Waals surface area contributed by atoms with Crippen LogP contribution >= 0.6 is 0 Å². The second-order valence-corrected chi connectivity index (χ2v) is 3.35. The summed E-state index contributed by atoms with van der Waals surface area (Å²) in [5, 5.41) is 0. The number of rotatable bonds is 0. The number of ether oxygens (including phenoxy) is 1. The number of nitrogens with two attached hydrogens (primary N) is 1. The summed E-state index contributed by atoms with van der Waals surface area (Å²) in [6, 6.07) is 4.96. The highest BCUT2D eigenvalue weighted by atomic mass is 16.5. The van der Waals surface area contributed by atoms with E-state index < -0.39 is 5.91 Å². The Balaban J connectivity index is 2.37. The first kappa shape index (κ1) is 10.2. The van der Waals surface area contributed by atoms with Crippen molar-refractivity contribution in [2.24, 2.45) is 5.73 Å². The van der Waals surface area contributed by atoms with Crippen LogP contribution in [0.15, 0.2) is 18.2 Å². The van der Waals surface area contributed by atoms with Gasteiger partial charge in [-0.3, -0.25) is 9.59 Å². The van der Waals surface area contributed by atoms with Crippen LogP contribution in [0.4, 0.5) is 0 Å². The lowest BCUT2D eigenvalue weighted by molar-refractivity contribution is -0.112. The number of amides is 1. The van der Waals surface area contributed by atoms with Crippen molar-refractivity contribution >= 4 is 11.7 Å². The summed E-state index contributed by atoms with van der Waals surface area (Å²) in [6.45, 7) is 0.387. The van der Waals surface area contributed by atoms with Crippen LogP contribution in [-0.2, 0) is 4.79 Å². The third kappa shape index (κ3) is 2.04. The number of benzene rings is 1. The van der Waals surface area contributed by atoms with E-state index in [0.29, 0.717) is 29.9 Å². The zero-order valence-corrected chi connectivity index (χ0v) is 8.45. The molecule has 0 saturated carbocycles. The number of primary amides is 1. The highest BCUT2D eigenvalue weighted by Gasteiger charge is 2.17. The summed E-state index contributed by atoms with van der Waals surface area (Å²) in [7, 11) is 0. The largest absolute Gasteiger partial charge is 0.492 e.